The van der Waals surface area contributed by atoms with Gasteiger partial charge in [-0.25, -0.2) is 0 Å². The fourth-order valence-electron chi connectivity index (χ4n) is 3.13. The van der Waals surface area contributed by atoms with Crippen LogP contribution in [0.25, 0.3) is 0 Å². The number of unbranched alkanes of at least 4 members (excludes halogenated alkanes) is 4. The van der Waals surface area contributed by atoms with Crippen LogP contribution in [0.1, 0.15) is 64.2 Å². The number of hydrogen-bond acceptors (Lipinski definition) is 6. The second-order valence-corrected chi connectivity index (χ2v) is 6.57. The van der Waals surface area contributed by atoms with Crippen molar-refractivity contribution in [3.8, 4) is 0 Å². The predicted octanol–water partition coefficient (Wildman–Crippen LogP) is 2.16. The number of piperazine rings is 1. The number of methoxy groups -OCH3 is 2. The number of esters is 2. The van der Waals surface area contributed by atoms with Gasteiger partial charge in [-0.1, -0.05) is 25.7 Å². The summed E-state index contributed by atoms with van der Waals surface area (Å²) in [5.41, 5.74) is 0. The summed E-state index contributed by atoms with van der Waals surface area (Å²) in [5, 5.41) is 7.24. The van der Waals surface area contributed by atoms with Crippen LogP contribution in [-0.2, 0) is 19.1 Å². The highest BCUT2D eigenvalue weighted by atomic mass is 16.5. The molecular weight excluding hydrogens is 308 g/mol. The van der Waals surface area contributed by atoms with E-state index in [4.69, 9.17) is 0 Å². The van der Waals surface area contributed by atoms with E-state index in [1.54, 1.807) is 0 Å². The van der Waals surface area contributed by atoms with Crippen LogP contribution >= 0.6 is 0 Å². The molecule has 0 saturated carbocycles. The van der Waals surface area contributed by atoms with E-state index in [1.165, 1.54) is 14.2 Å². The molecule has 2 unspecified atom stereocenters. The lowest BCUT2D eigenvalue weighted by atomic mass is 10.0. The van der Waals surface area contributed by atoms with Crippen LogP contribution in [-0.4, -0.2) is 51.3 Å². The lowest BCUT2D eigenvalue weighted by Gasteiger charge is -2.32. The van der Waals surface area contributed by atoms with Crippen molar-refractivity contribution in [3.63, 3.8) is 0 Å². The second kappa shape index (κ2) is 13.2. The van der Waals surface area contributed by atoms with Crippen molar-refractivity contribution >= 4 is 11.9 Å². The molecule has 0 aromatic carbocycles. The maximum atomic E-state index is 11.1. The molecule has 0 aliphatic carbocycles. The fourth-order valence-corrected chi connectivity index (χ4v) is 3.13. The Morgan fingerprint density at radius 2 is 1.25 bits per heavy atom. The van der Waals surface area contributed by atoms with Crippen molar-refractivity contribution in [2.75, 3.05) is 27.3 Å². The third-order valence-corrected chi connectivity index (χ3v) is 4.58. The van der Waals surface area contributed by atoms with Gasteiger partial charge >= 0.3 is 11.9 Å². The molecule has 1 fully saturated rings. The maximum Gasteiger partial charge on any atom is 0.305 e. The highest BCUT2D eigenvalue weighted by molar-refractivity contribution is 5.69. The quantitative estimate of drug-likeness (QED) is 0.418. The molecule has 24 heavy (non-hydrogen) atoms. The molecule has 6 nitrogen and oxygen atoms in total. The van der Waals surface area contributed by atoms with Crippen LogP contribution in [0, 0.1) is 0 Å². The molecule has 1 rings (SSSR count). The Morgan fingerprint density at radius 1 is 0.792 bits per heavy atom. The third kappa shape index (κ3) is 9.88. The summed E-state index contributed by atoms with van der Waals surface area (Å²) in [7, 11) is 2.88. The van der Waals surface area contributed by atoms with Crippen molar-refractivity contribution < 1.29 is 19.1 Å². The Kier molecular flexibility index (Phi) is 11.5. The zero-order valence-corrected chi connectivity index (χ0v) is 15.3. The first kappa shape index (κ1) is 20.9. The molecule has 1 saturated heterocycles. The van der Waals surface area contributed by atoms with E-state index in [-0.39, 0.29) is 11.9 Å². The van der Waals surface area contributed by atoms with Crippen LogP contribution in [0.5, 0.6) is 0 Å². The van der Waals surface area contributed by atoms with Gasteiger partial charge in [-0.3, -0.25) is 9.59 Å². The van der Waals surface area contributed by atoms with Gasteiger partial charge in [0.25, 0.3) is 0 Å². The minimum atomic E-state index is -0.111. The Labute approximate surface area is 146 Å². The Bertz CT molecular complexity index is 331. The van der Waals surface area contributed by atoms with E-state index < -0.39 is 0 Å². The highest BCUT2D eigenvalue weighted by Gasteiger charge is 2.19. The van der Waals surface area contributed by atoms with Gasteiger partial charge in [0.1, 0.15) is 0 Å². The molecule has 6 heteroatoms. The maximum absolute atomic E-state index is 11.1. The van der Waals surface area contributed by atoms with Gasteiger partial charge in [0, 0.05) is 38.0 Å². The first-order valence-electron chi connectivity index (χ1n) is 9.26. The lowest BCUT2D eigenvalue weighted by molar-refractivity contribution is -0.141. The van der Waals surface area contributed by atoms with Crippen molar-refractivity contribution in [2.45, 2.75) is 76.3 Å². The van der Waals surface area contributed by atoms with E-state index in [9.17, 15) is 9.59 Å². The number of rotatable bonds is 12. The van der Waals surface area contributed by atoms with Gasteiger partial charge in [-0.05, 0) is 25.7 Å². The smallest absolute Gasteiger partial charge is 0.305 e. The van der Waals surface area contributed by atoms with E-state index in [1.807, 2.05) is 0 Å². The molecule has 1 aliphatic rings. The molecule has 0 amide bonds. The molecule has 0 aromatic rings. The summed E-state index contributed by atoms with van der Waals surface area (Å²) in [5.74, 6) is -0.223. The normalized spacial score (nSPS) is 20.6. The second-order valence-electron chi connectivity index (χ2n) is 6.57. The average molecular weight is 342 g/mol. The van der Waals surface area contributed by atoms with Gasteiger partial charge in [-0.15, -0.1) is 0 Å². The first-order valence-corrected chi connectivity index (χ1v) is 9.26. The number of hydrogen-bond donors (Lipinski definition) is 2. The standard InChI is InChI=1S/C18H34N2O4/c1-23-17(21)11-7-3-5-9-15-13-19-14-16(20-15)10-6-4-8-12-18(22)24-2/h15-16,19-20H,3-14H2,1-2H3. The summed E-state index contributed by atoms with van der Waals surface area (Å²) >= 11 is 0. The largest absolute Gasteiger partial charge is 0.469 e. The first-order chi connectivity index (χ1) is 11.7. The van der Waals surface area contributed by atoms with Crippen molar-refractivity contribution in [3.05, 3.63) is 0 Å². The SMILES string of the molecule is COC(=O)CCCCCC1CNCC(CCCCCC(=O)OC)N1. The zero-order chi connectivity index (χ0) is 17.6. The molecule has 0 radical (unpaired) electrons. The van der Waals surface area contributed by atoms with Crippen LogP contribution in [0.2, 0.25) is 0 Å². The van der Waals surface area contributed by atoms with Gasteiger partial charge < -0.3 is 20.1 Å². The Morgan fingerprint density at radius 3 is 1.67 bits per heavy atom. The highest BCUT2D eigenvalue weighted by Crippen LogP contribution is 2.12. The van der Waals surface area contributed by atoms with Gasteiger partial charge in [0.05, 0.1) is 14.2 Å². The van der Waals surface area contributed by atoms with E-state index in [0.29, 0.717) is 24.9 Å². The molecular formula is C18H34N2O4. The monoisotopic (exact) mass is 342 g/mol. The summed E-state index contributed by atoms with van der Waals surface area (Å²) in [6, 6.07) is 1.05. The number of carbonyl (C=O) groups is 2. The van der Waals surface area contributed by atoms with Crippen LogP contribution in [0.15, 0.2) is 0 Å². The number of ether oxygens (including phenoxy) is 2. The van der Waals surface area contributed by atoms with E-state index >= 15 is 0 Å². The number of nitrogens with one attached hydrogen (secondary N) is 2. The summed E-state index contributed by atoms with van der Waals surface area (Å²) < 4.78 is 9.30. The van der Waals surface area contributed by atoms with Gasteiger partial charge in [-0.2, -0.15) is 0 Å². The van der Waals surface area contributed by atoms with Crippen molar-refractivity contribution in [2.24, 2.45) is 0 Å². The van der Waals surface area contributed by atoms with E-state index in [0.717, 1.165) is 64.5 Å². The Balaban J connectivity index is 2.03. The molecule has 2 N–H and O–H groups in total. The summed E-state index contributed by atoms with van der Waals surface area (Å²) in [6.45, 7) is 2.05. The molecule has 1 heterocycles. The topological polar surface area (TPSA) is 76.7 Å². The van der Waals surface area contributed by atoms with Crippen LogP contribution in [0.4, 0.5) is 0 Å². The zero-order valence-electron chi connectivity index (χ0n) is 15.3. The molecule has 0 aromatic heterocycles. The fraction of sp³-hybridized carbons (Fsp3) is 0.889. The van der Waals surface area contributed by atoms with Crippen LogP contribution in [0.3, 0.4) is 0 Å². The van der Waals surface area contributed by atoms with Crippen molar-refractivity contribution in [1.29, 1.82) is 0 Å². The van der Waals surface area contributed by atoms with Gasteiger partial charge in [0.2, 0.25) is 0 Å². The molecule has 0 spiro atoms. The average Bonchev–Trinajstić information content (AvgIpc) is 2.61. The molecule has 2 atom stereocenters. The lowest BCUT2D eigenvalue weighted by Crippen LogP contribution is -2.54. The van der Waals surface area contributed by atoms with Crippen molar-refractivity contribution in [1.82, 2.24) is 10.6 Å². The van der Waals surface area contributed by atoms with Crippen LogP contribution < -0.4 is 10.6 Å². The third-order valence-electron chi connectivity index (χ3n) is 4.58. The number of carbonyl (C=O) groups excluding carboxylic acids is 2. The Hall–Kier alpha value is -1.14. The van der Waals surface area contributed by atoms with Gasteiger partial charge in [0.15, 0.2) is 0 Å². The molecule has 140 valence electrons. The van der Waals surface area contributed by atoms with E-state index in [2.05, 4.69) is 20.1 Å². The summed E-state index contributed by atoms with van der Waals surface area (Å²) in [6.07, 6.45) is 9.61. The predicted molar refractivity (Wildman–Crippen MR) is 93.8 cm³/mol. The minimum Gasteiger partial charge on any atom is -0.469 e. The summed E-state index contributed by atoms with van der Waals surface area (Å²) in [4.78, 5) is 22.1. The molecule has 1 aliphatic heterocycles. The molecule has 0 bridgehead atoms. The minimum absolute atomic E-state index is 0.111.